The number of aryl methyl sites for hydroxylation is 1. The second kappa shape index (κ2) is 11.1. The molecule has 0 fully saturated rings. The summed E-state index contributed by atoms with van der Waals surface area (Å²) in [4.78, 5) is 30.8. The third-order valence-electron chi connectivity index (χ3n) is 7.48. The molecule has 5 rings (SSSR count). The van der Waals surface area contributed by atoms with Crippen LogP contribution in [-0.2, 0) is 12.8 Å². The maximum atomic E-state index is 13.6. The molecule has 206 valence electrons. The summed E-state index contributed by atoms with van der Waals surface area (Å²) in [5, 5.41) is 13.5. The molecule has 6 nitrogen and oxygen atoms in total. The molecule has 0 aliphatic heterocycles. The van der Waals surface area contributed by atoms with Crippen LogP contribution in [0.1, 0.15) is 69.7 Å². The number of nitrogens with one attached hydrogen (secondary N) is 1. The van der Waals surface area contributed by atoms with Gasteiger partial charge in [0.15, 0.2) is 0 Å². The summed E-state index contributed by atoms with van der Waals surface area (Å²) in [5.74, 6) is 0.543. The minimum Gasteiger partial charge on any atom is -0.478 e. The molecule has 2 N–H and O–H groups in total. The van der Waals surface area contributed by atoms with Crippen LogP contribution in [0.5, 0.6) is 0 Å². The number of aromatic carboxylic acids is 1. The quantitative estimate of drug-likeness (QED) is 0.225. The predicted molar refractivity (Wildman–Crippen MR) is 162 cm³/mol. The van der Waals surface area contributed by atoms with Gasteiger partial charge in [-0.05, 0) is 97.2 Å². The molecule has 0 saturated carbocycles. The summed E-state index contributed by atoms with van der Waals surface area (Å²) in [5.41, 5.74) is 4.40. The first-order valence-corrected chi connectivity index (χ1v) is 14.4. The molecule has 0 bridgehead atoms. The maximum Gasteiger partial charge on any atom is 0.335 e. The topological polar surface area (TPSA) is 91.9 Å². The van der Waals surface area contributed by atoms with Gasteiger partial charge in [0, 0.05) is 21.2 Å². The van der Waals surface area contributed by atoms with E-state index in [2.05, 4.69) is 26.1 Å². The van der Waals surface area contributed by atoms with Gasteiger partial charge < -0.3 is 14.8 Å². The number of hydrogen-bond acceptors (Lipinski definition) is 5. The molecule has 0 unspecified atom stereocenters. The Kier molecular flexibility index (Phi) is 7.71. The van der Waals surface area contributed by atoms with E-state index < -0.39 is 5.97 Å². The van der Waals surface area contributed by atoms with E-state index in [9.17, 15) is 14.7 Å². The highest BCUT2D eigenvalue weighted by atomic mass is 35.5. The minimum absolute atomic E-state index is 0.183. The van der Waals surface area contributed by atoms with Crippen molar-refractivity contribution in [2.45, 2.75) is 47.0 Å². The summed E-state index contributed by atoms with van der Waals surface area (Å²) in [6.45, 7) is 8.67. The van der Waals surface area contributed by atoms with Crippen molar-refractivity contribution < 1.29 is 19.1 Å². The van der Waals surface area contributed by atoms with Gasteiger partial charge in [-0.15, -0.1) is 11.3 Å². The maximum absolute atomic E-state index is 13.6. The molecule has 2 heterocycles. The Bertz CT molecular complexity index is 1610. The number of amides is 1. The number of furan rings is 1. The van der Waals surface area contributed by atoms with Crippen molar-refractivity contribution in [3.05, 3.63) is 92.5 Å². The number of rotatable bonds is 6. The van der Waals surface area contributed by atoms with Gasteiger partial charge in [-0.2, -0.15) is 0 Å². The number of anilines is 1. The van der Waals surface area contributed by atoms with Crippen LogP contribution in [0.4, 0.5) is 10.7 Å². The number of fused-ring (bicyclic) bond motifs is 1. The van der Waals surface area contributed by atoms with Gasteiger partial charge in [0.2, 0.25) is 0 Å². The van der Waals surface area contributed by atoms with Crippen molar-refractivity contribution in [1.82, 2.24) is 0 Å². The predicted octanol–water partition coefficient (Wildman–Crippen LogP) is 8.82. The fourth-order valence-corrected chi connectivity index (χ4v) is 6.52. The summed E-state index contributed by atoms with van der Waals surface area (Å²) >= 11 is 7.60. The number of carbonyl (C=O) groups is 2. The Morgan fingerprint density at radius 3 is 2.55 bits per heavy atom. The van der Waals surface area contributed by atoms with Crippen LogP contribution in [0.3, 0.4) is 0 Å². The van der Waals surface area contributed by atoms with Crippen LogP contribution in [0.25, 0.3) is 11.3 Å². The largest absolute Gasteiger partial charge is 0.478 e. The minimum atomic E-state index is -0.967. The van der Waals surface area contributed by atoms with Crippen molar-refractivity contribution in [2.75, 3.05) is 5.32 Å². The smallest absolute Gasteiger partial charge is 0.335 e. The standard InChI is InChI=1S/C32H31ClN2O4S/c1-18-15-19(31(37)38)5-12-24(18)26-14-11-23(39-26)17-34-30-28(29(36)35-22-9-7-21(33)8-10-22)25-13-6-20(32(2,3)4)16-27(25)40-30/h5,7-12,14-15,17,20H,6,13,16H2,1-4H3,(H,35,36)(H,37,38)/t20-/m0/s1. The van der Waals surface area contributed by atoms with Crippen LogP contribution in [0.15, 0.2) is 64.0 Å². The molecule has 1 atom stereocenters. The first-order valence-electron chi connectivity index (χ1n) is 13.2. The molecule has 0 radical (unpaired) electrons. The first kappa shape index (κ1) is 27.9. The lowest BCUT2D eigenvalue weighted by Gasteiger charge is -2.33. The number of aliphatic imine (C=N–C) groups is 1. The van der Waals surface area contributed by atoms with E-state index in [1.807, 2.05) is 19.1 Å². The van der Waals surface area contributed by atoms with Gasteiger partial charge in [0.1, 0.15) is 16.5 Å². The summed E-state index contributed by atoms with van der Waals surface area (Å²) < 4.78 is 6.04. The molecule has 2 aromatic heterocycles. The fourth-order valence-electron chi connectivity index (χ4n) is 5.13. The number of carbonyl (C=O) groups excluding carboxylic acids is 1. The van der Waals surface area contributed by atoms with Gasteiger partial charge >= 0.3 is 5.97 Å². The van der Waals surface area contributed by atoms with Crippen LogP contribution >= 0.6 is 22.9 Å². The summed E-state index contributed by atoms with van der Waals surface area (Å²) in [6, 6.07) is 15.7. The fraction of sp³-hybridized carbons (Fsp3) is 0.281. The van der Waals surface area contributed by atoms with Crippen molar-refractivity contribution >= 4 is 51.7 Å². The highest BCUT2D eigenvalue weighted by Gasteiger charge is 2.33. The zero-order valence-electron chi connectivity index (χ0n) is 22.9. The number of halogens is 1. The Labute approximate surface area is 242 Å². The molecule has 40 heavy (non-hydrogen) atoms. The van der Waals surface area contributed by atoms with Gasteiger partial charge in [0.05, 0.1) is 17.3 Å². The molecule has 2 aromatic carbocycles. The highest BCUT2D eigenvalue weighted by Crippen LogP contribution is 2.45. The van der Waals surface area contributed by atoms with E-state index in [0.717, 1.165) is 36.0 Å². The van der Waals surface area contributed by atoms with Crippen LogP contribution < -0.4 is 5.32 Å². The van der Waals surface area contributed by atoms with Gasteiger partial charge in [-0.1, -0.05) is 38.4 Å². The van der Waals surface area contributed by atoms with Gasteiger partial charge in [0.25, 0.3) is 5.91 Å². The highest BCUT2D eigenvalue weighted by molar-refractivity contribution is 7.16. The Balaban J connectivity index is 1.46. The van der Waals surface area contributed by atoms with Crippen LogP contribution in [-0.4, -0.2) is 23.2 Å². The average molecular weight is 575 g/mol. The van der Waals surface area contributed by atoms with E-state index in [-0.39, 0.29) is 16.9 Å². The van der Waals surface area contributed by atoms with E-state index in [1.54, 1.807) is 60.0 Å². The van der Waals surface area contributed by atoms with E-state index in [0.29, 0.717) is 38.7 Å². The lowest BCUT2D eigenvalue weighted by atomic mass is 9.72. The first-order chi connectivity index (χ1) is 19.0. The zero-order valence-corrected chi connectivity index (χ0v) is 24.4. The lowest BCUT2D eigenvalue weighted by molar-refractivity contribution is 0.0696. The normalized spacial score (nSPS) is 15.3. The SMILES string of the molecule is Cc1cc(C(=O)O)ccc1-c1ccc(C=Nc2sc3c(c2C(=O)Nc2ccc(Cl)cc2)CC[C@H](C(C)(C)C)C3)o1. The summed E-state index contributed by atoms with van der Waals surface area (Å²) in [6.07, 6.45) is 4.43. The molecule has 1 aliphatic rings. The molecule has 4 aromatic rings. The molecular formula is C32H31ClN2O4S. The van der Waals surface area contributed by atoms with Crippen molar-refractivity contribution in [3.8, 4) is 11.3 Å². The second-order valence-corrected chi connectivity index (χ2v) is 12.8. The van der Waals surface area contributed by atoms with Gasteiger partial charge in [-0.3, -0.25) is 4.79 Å². The average Bonchev–Trinajstić information content (AvgIpc) is 3.52. The second-order valence-electron chi connectivity index (χ2n) is 11.2. The Morgan fingerprint density at radius 2 is 1.88 bits per heavy atom. The molecule has 8 heteroatoms. The number of hydrogen-bond donors (Lipinski definition) is 2. The summed E-state index contributed by atoms with van der Waals surface area (Å²) in [7, 11) is 0. The van der Waals surface area contributed by atoms with E-state index in [4.69, 9.17) is 21.0 Å². The molecular weight excluding hydrogens is 544 g/mol. The number of carboxylic acid groups (broad SMARTS) is 1. The Hall–Kier alpha value is -3.68. The number of benzene rings is 2. The number of carboxylic acids is 1. The Morgan fingerprint density at radius 1 is 1.12 bits per heavy atom. The number of thiophene rings is 1. The molecule has 1 amide bonds. The van der Waals surface area contributed by atoms with E-state index in [1.165, 1.54) is 4.88 Å². The number of nitrogens with zero attached hydrogens (tertiary/aromatic N) is 1. The van der Waals surface area contributed by atoms with Crippen molar-refractivity contribution in [3.63, 3.8) is 0 Å². The van der Waals surface area contributed by atoms with Crippen LogP contribution in [0, 0.1) is 18.3 Å². The van der Waals surface area contributed by atoms with Crippen molar-refractivity contribution in [2.24, 2.45) is 16.3 Å². The zero-order chi connectivity index (χ0) is 28.6. The molecule has 1 aliphatic carbocycles. The monoisotopic (exact) mass is 574 g/mol. The van der Waals surface area contributed by atoms with Gasteiger partial charge in [-0.25, -0.2) is 9.79 Å². The van der Waals surface area contributed by atoms with Crippen LogP contribution in [0.2, 0.25) is 5.02 Å². The third-order valence-corrected chi connectivity index (χ3v) is 8.89. The molecule has 0 saturated heterocycles. The molecule has 0 spiro atoms. The third kappa shape index (κ3) is 5.91. The van der Waals surface area contributed by atoms with Crippen molar-refractivity contribution in [1.29, 1.82) is 0 Å². The lowest BCUT2D eigenvalue weighted by Crippen LogP contribution is -2.27. The van der Waals surface area contributed by atoms with E-state index >= 15 is 0 Å².